The Hall–Kier alpha value is -0.643. The summed E-state index contributed by atoms with van der Waals surface area (Å²) in [7, 11) is -0.473. The number of hydrogen-bond donors (Lipinski definition) is 0. The first kappa shape index (κ1) is 16.7. The topological polar surface area (TPSA) is 18.5 Å². The third-order valence-electron chi connectivity index (χ3n) is 4.11. The first-order valence-corrected chi connectivity index (χ1v) is 9.92. The highest BCUT2D eigenvalue weighted by Crippen LogP contribution is 2.20. The van der Waals surface area contributed by atoms with E-state index in [1.807, 2.05) is 0 Å². The Bertz CT molecular complexity index is 400. The summed E-state index contributed by atoms with van der Waals surface area (Å²) in [6.45, 7) is 10.9. The molecule has 0 radical (unpaired) electrons. The molecule has 1 aliphatic heterocycles. The Kier molecular flexibility index (Phi) is 6.46. The predicted molar refractivity (Wildman–Crippen MR) is 90.4 cm³/mol. The highest BCUT2D eigenvalue weighted by Gasteiger charge is 2.37. The molecule has 3 heteroatoms. The van der Waals surface area contributed by atoms with Crippen LogP contribution in [0, 0.1) is 0 Å². The van der Waals surface area contributed by atoms with E-state index in [1.165, 1.54) is 18.4 Å². The summed E-state index contributed by atoms with van der Waals surface area (Å²) in [6, 6.07) is 9.09. The van der Waals surface area contributed by atoms with Gasteiger partial charge < -0.3 is 9.47 Å². The van der Waals surface area contributed by atoms with Crippen LogP contribution in [0.15, 0.2) is 24.3 Å². The van der Waals surface area contributed by atoms with Gasteiger partial charge in [0.15, 0.2) is 6.29 Å². The van der Waals surface area contributed by atoms with Crippen molar-refractivity contribution in [3.8, 4) is 0 Å². The molecule has 1 unspecified atom stereocenters. The van der Waals surface area contributed by atoms with E-state index in [4.69, 9.17) is 9.47 Å². The standard InChI is InChI=1S/C18H29O2Si/c1-14(2)21(15(3)4)17-10-8-16(9-11-17)13-20-18-7-5-6-12-19-18/h8-11,14-15,18H,5-7,12-13H2,1-4H3/q+1. The second kappa shape index (κ2) is 8.11. The maximum atomic E-state index is 5.85. The molecule has 116 valence electrons. The van der Waals surface area contributed by atoms with Crippen molar-refractivity contribution in [2.24, 2.45) is 0 Å². The number of benzene rings is 1. The molecule has 1 atom stereocenters. The van der Waals surface area contributed by atoms with Gasteiger partial charge in [-0.05, 0) is 64.7 Å². The summed E-state index contributed by atoms with van der Waals surface area (Å²) in [4.78, 5) is 0. The highest BCUT2D eigenvalue weighted by molar-refractivity contribution is 6.75. The van der Waals surface area contributed by atoms with E-state index in [-0.39, 0.29) is 6.29 Å². The van der Waals surface area contributed by atoms with Gasteiger partial charge in [-0.1, -0.05) is 12.1 Å². The van der Waals surface area contributed by atoms with E-state index in [2.05, 4.69) is 52.0 Å². The van der Waals surface area contributed by atoms with Gasteiger partial charge in [-0.3, -0.25) is 0 Å². The van der Waals surface area contributed by atoms with Crippen molar-refractivity contribution >= 4 is 14.0 Å². The molecular weight excluding hydrogens is 276 g/mol. The molecular formula is C18H29O2Si+. The van der Waals surface area contributed by atoms with Crippen molar-refractivity contribution in [1.29, 1.82) is 0 Å². The SMILES string of the molecule is CC(C)[Si+](c1ccc(COC2CCCCO2)cc1)C(C)C. The van der Waals surface area contributed by atoms with Crippen molar-refractivity contribution in [3.63, 3.8) is 0 Å². The zero-order chi connectivity index (χ0) is 15.2. The first-order valence-electron chi connectivity index (χ1n) is 8.27. The summed E-state index contributed by atoms with van der Waals surface area (Å²) in [5.74, 6) is 0. The Labute approximate surface area is 131 Å². The molecule has 21 heavy (non-hydrogen) atoms. The Morgan fingerprint density at radius 2 is 1.76 bits per heavy atom. The fourth-order valence-corrected chi connectivity index (χ4v) is 6.38. The summed E-state index contributed by atoms with van der Waals surface area (Å²) >= 11 is 0. The molecule has 1 fully saturated rings. The van der Waals surface area contributed by atoms with E-state index in [9.17, 15) is 0 Å². The summed E-state index contributed by atoms with van der Waals surface area (Å²) < 4.78 is 11.5. The quantitative estimate of drug-likeness (QED) is 0.731. The smallest absolute Gasteiger partial charge is 0.353 e. The van der Waals surface area contributed by atoms with Crippen LogP contribution in [0.2, 0.25) is 11.1 Å². The van der Waals surface area contributed by atoms with Crippen LogP contribution in [-0.4, -0.2) is 21.7 Å². The number of rotatable bonds is 6. The predicted octanol–water partition coefficient (Wildman–Crippen LogP) is 4.25. The van der Waals surface area contributed by atoms with Gasteiger partial charge in [0, 0.05) is 6.61 Å². The third-order valence-corrected chi connectivity index (χ3v) is 7.59. The van der Waals surface area contributed by atoms with Crippen LogP contribution in [0.1, 0.15) is 52.5 Å². The van der Waals surface area contributed by atoms with Crippen LogP contribution in [0.3, 0.4) is 0 Å². The molecule has 1 aromatic rings. The van der Waals surface area contributed by atoms with Crippen molar-refractivity contribution in [2.45, 2.75) is 70.9 Å². The van der Waals surface area contributed by atoms with Crippen molar-refractivity contribution in [2.75, 3.05) is 6.61 Å². The maximum absolute atomic E-state index is 5.85. The average Bonchev–Trinajstić information content (AvgIpc) is 2.47. The molecule has 0 N–H and O–H groups in total. The van der Waals surface area contributed by atoms with Gasteiger partial charge >= 0.3 is 8.80 Å². The molecule has 0 amide bonds. The molecule has 1 saturated heterocycles. The molecule has 0 aromatic heterocycles. The Morgan fingerprint density at radius 3 is 2.29 bits per heavy atom. The van der Waals surface area contributed by atoms with Crippen LogP contribution in [0.5, 0.6) is 0 Å². The normalized spacial score (nSPS) is 19.2. The summed E-state index contributed by atoms with van der Waals surface area (Å²) in [5.41, 5.74) is 2.79. The van der Waals surface area contributed by atoms with E-state index >= 15 is 0 Å². The molecule has 0 bridgehead atoms. The minimum Gasteiger partial charge on any atom is -0.353 e. The molecule has 1 aliphatic rings. The van der Waals surface area contributed by atoms with Crippen molar-refractivity contribution in [3.05, 3.63) is 29.8 Å². The van der Waals surface area contributed by atoms with Crippen LogP contribution < -0.4 is 5.19 Å². The van der Waals surface area contributed by atoms with Gasteiger partial charge in [0.05, 0.1) is 22.9 Å². The van der Waals surface area contributed by atoms with Crippen LogP contribution in [0.4, 0.5) is 0 Å². The van der Waals surface area contributed by atoms with Crippen molar-refractivity contribution < 1.29 is 9.47 Å². The molecule has 2 rings (SSSR count). The Morgan fingerprint density at radius 1 is 1.10 bits per heavy atom. The first-order chi connectivity index (χ1) is 10.1. The minimum atomic E-state index is -0.473. The van der Waals surface area contributed by atoms with Crippen molar-refractivity contribution in [1.82, 2.24) is 0 Å². The average molecular weight is 306 g/mol. The van der Waals surface area contributed by atoms with Crippen LogP contribution in [-0.2, 0) is 16.1 Å². The molecule has 1 aromatic carbocycles. The largest absolute Gasteiger partial charge is 0.357 e. The lowest BCUT2D eigenvalue weighted by Crippen LogP contribution is -2.35. The van der Waals surface area contributed by atoms with Gasteiger partial charge in [0.2, 0.25) is 0 Å². The zero-order valence-corrected chi connectivity index (χ0v) is 14.9. The van der Waals surface area contributed by atoms with Gasteiger partial charge in [-0.25, -0.2) is 0 Å². The van der Waals surface area contributed by atoms with E-state index in [0.29, 0.717) is 6.61 Å². The molecule has 2 nitrogen and oxygen atoms in total. The lowest BCUT2D eigenvalue weighted by atomic mass is 10.2. The second-order valence-electron chi connectivity index (χ2n) is 6.57. The molecule has 0 saturated carbocycles. The zero-order valence-electron chi connectivity index (χ0n) is 13.9. The fraction of sp³-hybridized carbons (Fsp3) is 0.667. The van der Waals surface area contributed by atoms with Crippen LogP contribution in [0.25, 0.3) is 0 Å². The number of ether oxygens (including phenoxy) is 2. The summed E-state index contributed by atoms with van der Waals surface area (Å²) in [6.07, 6.45) is 3.43. The Balaban J connectivity index is 1.91. The van der Waals surface area contributed by atoms with Crippen LogP contribution >= 0.6 is 0 Å². The summed E-state index contributed by atoms with van der Waals surface area (Å²) in [5, 5.41) is 1.54. The molecule has 1 heterocycles. The maximum Gasteiger partial charge on any atom is 0.357 e. The minimum absolute atomic E-state index is 0.00405. The molecule has 0 aliphatic carbocycles. The van der Waals surface area contributed by atoms with Gasteiger partial charge in [-0.2, -0.15) is 0 Å². The van der Waals surface area contributed by atoms with Gasteiger partial charge in [0.25, 0.3) is 0 Å². The lowest BCUT2D eigenvalue weighted by Gasteiger charge is -2.22. The van der Waals surface area contributed by atoms with E-state index in [1.54, 1.807) is 5.19 Å². The van der Waals surface area contributed by atoms with E-state index < -0.39 is 8.80 Å². The van der Waals surface area contributed by atoms with Gasteiger partial charge in [0.1, 0.15) is 0 Å². The lowest BCUT2D eigenvalue weighted by molar-refractivity contribution is -0.168. The van der Waals surface area contributed by atoms with Gasteiger partial charge in [-0.15, -0.1) is 0 Å². The van der Waals surface area contributed by atoms with E-state index in [0.717, 1.165) is 24.1 Å². The number of hydrogen-bond acceptors (Lipinski definition) is 2. The molecule has 0 spiro atoms. The monoisotopic (exact) mass is 305 g/mol. The third kappa shape index (κ3) is 4.94. The fourth-order valence-electron chi connectivity index (χ4n) is 3.16. The highest BCUT2D eigenvalue weighted by atomic mass is 28.3. The second-order valence-corrected chi connectivity index (χ2v) is 10.4.